The standard InChI is InChI=1S/C16H24N2/c1-10-15(2,3)12-7-6-11-8-17-9-18-14(11)13(12)16(10,4)5/h8-10,12-13H,6-7H2,1-5H3/t10?,12-,13-/m0/s1. The van der Waals surface area contributed by atoms with Gasteiger partial charge in [0.1, 0.15) is 6.33 Å². The normalized spacial score (nSPS) is 35.9. The lowest BCUT2D eigenvalue weighted by Gasteiger charge is -2.37. The summed E-state index contributed by atoms with van der Waals surface area (Å²) in [6.45, 7) is 12.2. The summed E-state index contributed by atoms with van der Waals surface area (Å²) in [6, 6.07) is 0. The van der Waals surface area contributed by atoms with Crippen LogP contribution >= 0.6 is 0 Å². The molecule has 2 aliphatic rings. The number of fused-ring (bicyclic) bond motifs is 3. The van der Waals surface area contributed by atoms with Crippen LogP contribution in [0, 0.1) is 22.7 Å². The zero-order valence-corrected chi connectivity index (χ0v) is 12.2. The summed E-state index contributed by atoms with van der Waals surface area (Å²) >= 11 is 0. The van der Waals surface area contributed by atoms with E-state index < -0.39 is 0 Å². The van der Waals surface area contributed by atoms with E-state index in [1.165, 1.54) is 17.7 Å². The zero-order chi connectivity index (χ0) is 13.1. The highest BCUT2D eigenvalue weighted by molar-refractivity contribution is 5.30. The van der Waals surface area contributed by atoms with E-state index in [0.29, 0.717) is 16.7 Å². The molecule has 2 aliphatic carbocycles. The van der Waals surface area contributed by atoms with Crippen molar-refractivity contribution in [2.45, 2.75) is 53.4 Å². The fraction of sp³-hybridized carbons (Fsp3) is 0.750. The molecule has 3 atom stereocenters. The molecular weight excluding hydrogens is 220 g/mol. The Labute approximate surface area is 110 Å². The van der Waals surface area contributed by atoms with Gasteiger partial charge in [0, 0.05) is 12.1 Å². The maximum Gasteiger partial charge on any atom is 0.115 e. The van der Waals surface area contributed by atoms with Crippen molar-refractivity contribution in [2.75, 3.05) is 0 Å². The van der Waals surface area contributed by atoms with E-state index in [2.05, 4.69) is 44.6 Å². The number of hydrogen-bond donors (Lipinski definition) is 0. The van der Waals surface area contributed by atoms with E-state index in [9.17, 15) is 0 Å². The van der Waals surface area contributed by atoms with Crippen LogP contribution in [-0.4, -0.2) is 9.97 Å². The van der Waals surface area contributed by atoms with E-state index in [1.54, 1.807) is 6.33 Å². The topological polar surface area (TPSA) is 25.8 Å². The molecule has 0 aromatic carbocycles. The van der Waals surface area contributed by atoms with Gasteiger partial charge in [0.2, 0.25) is 0 Å². The molecule has 1 aromatic heterocycles. The number of aryl methyl sites for hydroxylation is 1. The van der Waals surface area contributed by atoms with Crippen LogP contribution in [0.5, 0.6) is 0 Å². The summed E-state index contributed by atoms with van der Waals surface area (Å²) in [5, 5.41) is 0. The first-order valence-electron chi connectivity index (χ1n) is 7.15. The Morgan fingerprint density at radius 1 is 1.17 bits per heavy atom. The summed E-state index contributed by atoms with van der Waals surface area (Å²) in [4.78, 5) is 8.85. The monoisotopic (exact) mass is 244 g/mol. The van der Waals surface area contributed by atoms with Gasteiger partial charge in [-0.05, 0) is 41.1 Å². The van der Waals surface area contributed by atoms with Crippen molar-refractivity contribution < 1.29 is 0 Å². The highest BCUT2D eigenvalue weighted by Gasteiger charge is 2.59. The predicted octanol–water partition coefficient (Wildman–Crippen LogP) is 3.82. The van der Waals surface area contributed by atoms with Crippen LogP contribution < -0.4 is 0 Å². The SMILES string of the molecule is CC1C(C)(C)[C@@H]2c3ncncc3CC[C@@H]2C1(C)C. The molecular formula is C16H24N2. The van der Waals surface area contributed by atoms with Crippen LogP contribution in [-0.2, 0) is 6.42 Å². The van der Waals surface area contributed by atoms with Crippen LogP contribution in [0.2, 0.25) is 0 Å². The van der Waals surface area contributed by atoms with E-state index in [1.807, 2.05) is 6.20 Å². The van der Waals surface area contributed by atoms with Gasteiger partial charge in [0.15, 0.2) is 0 Å². The molecule has 2 nitrogen and oxygen atoms in total. The number of rotatable bonds is 0. The highest BCUT2D eigenvalue weighted by Crippen LogP contribution is 2.66. The molecule has 98 valence electrons. The molecule has 3 rings (SSSR count). The lowest BCUT2D eigenvalue weighted by atomic mass is 9.68. The third-order valence-corrected chi connectivity index (χ3v) is 6.23. The van der Waals surface area contributed by atoms with Gasteiger partial charge in [-0.25, -0.2) is 9.97 Å². The molecule has 18 heavy (non-hydrogen) atoms. The first-order chi connectivity index (χ1) is 8.37. The lowest BCUT2D eigenvalue weighted by Crippen LogP contribution is -2.29. The first-order valence-corrected chi connectivity index (χ1v) is 7.15. The van der Waals surface area contributed by atoms with E-state index in [-0.39, 0.29) is 0 Å². The van der Waals surface area contributed by atoms with Crippen molar-refractivity contribution in [3.63, 3.8) is 0 Å². The average Bonchev–Trinajstić information content (AvgIpc) is 2.48. The molecule has 0 saturated heterocycles. The van der Waals surface area contributed by atoms with E-state index in [0.717, 1.165) is 18.3 Å². The largest absolute Gasteiger partial charge is 0.245 e. The van der Waals surface area contributed by atoms with Gasteiger partial charge in [-0.2, -0.15) is 0 Å². The molecule has 0 bridgehead atoms. The maximum absolute atomic E-state index is 4.65. The maximum atomic E-state index is 4.65. The molecule has 1 unspecified atom stereocenters. The Morgan fingerprint density at radius 2 is 1.89 bits per heavy atom. The first kappa shape index (κ1) is 12.1. The Balaban J connectivity index is 2.16. The van der Waals surface area contributed by atoms with Crippen molar-refractivity contribution >= 4 is 0 Å². The minimum atomic E-state index is 0.331. The summed E-state index contributed by atoms with van der Waals surface area (Å²) in [5.41, 5.74) is 3.47. The van der Waals surface area contributed by atoms with Gasteiger partial charge in [-0.1, -0.05) is 34.6 Å². The minimum Gasteiger partial charge on any atom is -0.245 e. The van der Waals surface area contributed by atoms with Gasteiger partial charge in [-0.15, -0.1) is 0 Å². The van der Waals surface area contributed by atoms with Crippen molar-refractivity contribution in [2.24, 2.45) is 22.7 Å². The van der Waals surface area contributed by atoms with Gasteiger partial charge in [0.05, 0.1) is 5.69 Å². The van der Waals surface area contributed by atoms with Gasteiger partial charge < -0.3 is 0 Å². The zero-order valence-electron chi connectivity index (χ0n) is 12.2. The van der Waals surface area contributed by atoms with Gasteiger partial charge in [0.25, 0.3) is 0 Å². The van der Waals surface area contributed by atoms with Crippen LogP contribution in [0.25, 0.3) is 0 Å². The highest BCUT2D eigenvalue weighted by atomic mass is 14.9. The van der Waals surface area contributed by atoms with Crippen molar-refractivity contribution in [1.82, 2.24) is 9.97 Å². The third kappa shape index (κ3) is 1.35. The summed E-state index contributed by atoms with van der Waals surface area (Å²) < 4.78 is 0. The molecule has 0 spiro atoms. The minimum absolute atomic E-state index is 0.331. The van der Waals surface area contributed by atoms with Crippen LogP contribution in [0.15, 0.2) is 12.5 Å². The molecule has 1 heterocycles. The number of hydrogen-bond acceptors (Lipinski definition) is 2. The Hall–Kier alpha value is -0.920. The van der Waals surface area contributed by atoms with Crippen molar-refractivity contribution in [1.29, 1.82) is 0 Å². The summed E-state index contributed by atoms with van der Waals surface area (Å²) in [6.07, 6.45) is 6.22. The second kappa shape index (κ2) is 3.55. The van der Waals surface area contributed by atoms with Crippen molar-refractivity contribution in [3.8, 4) is 0 Å². The smallest absolute Gasteiger partial charge is 0.115 e. The van der Waals surface area contributed by atoms with E-state index >= 15 is 0 Å². The van der Waals surface area contributed by atoms with Crippen molar-refractivity contribution in [3.05, 3.63) is 23.8 Å². The molecule has 0 N–H and O–H groups in total. The Morgan fingerprint density at radius 3 is 2.61 bits per heavy atom. The lowest BCUT2D eigenvalue weighted by molar-refractivity contribution is 0.150. The summed E-state index contributed by atoms with van der Waals surface area (Å²) in [7, 11) is 0. The average molecular weight is 244 g/mol. The van der Waals surface area contributed by atoms with Crippen LogP contribution in [0.3, 0.4) is 0 Å². The Bertz CT molecular complexity index is 476. The molecule has 0 aliphatic heterocycles. The predicted molar refractivity (Wildman–Crippen MR) is 73.3 cm³/mol. The molecule has 1 fully saturated rings. The fourth-order valence-corrected chi connectivity index (χ4v) is 4.73. The fourth-order valence-electron chi connectivity index (χ4n) is 4.73. The van der Waals surface area contributed by atoms with Crippen LogP contribution in [0.4, 0.5) is 0 Å². The molecule has 2 heteroatoms. The third-order valence-electron chi connectivity index (χ3n) is 6.23. The molecule has 0 radical (unpaired) electrons. The second-order valence-electron chi connectivity index (χ2n) is 7.42. The second-order valence-corrected chi connectivity index (χ2v) is 7.42. The molecule has 1 saturated carbocycles. The van der Waals surface area contributed by atoms with Crippen LogP contribution in [0.1, 0.15) is 58.2 Å². The number of aromatic nitrogens is 2. The quantitative estimate of drug-likeness (QED) is 0.693. The molecule has 1 aromatic rings. The number of nitrogens with zero attached hydrogens (tertiary/aromatic N) is 2. The summed E-state index contributed by atoms with van der Waals surface area (Å²) in [5.74, 6) is 2.10. The van der Waals surface area contributed by atoms with Gasteiger partial charge >= 0.3 is 0 Å². The van der Waals surface area contributed by atoms with E-state index in [4.69, 9.17) is 0 Å². The molecule has 0 amide bonds. The van der Waals surface area contributed by atoms with Gasteiger partial charge in [-0.3, -0.25) is 0 Å². The Kier molecular flexibility index (Phi) is 2.39.